The lowest BCUT2D eigenvalue weighted by Crippen LogP contribution is -2.36. The Morgan fingerprint density at radius 2 is 2.33 bits per heavy atom. The van der Waals surface area contributed by atoms with Gasteiger partial charge in [-0.2, -0.15) is 5.10 Å². The first-order valence-electron chi connectivity index (χ1n) is 6.21. The average molecular weight is 271 g/mol. The maximum absolute atomic E-state index is 11.8. The van der Waals surface area contributed by atoms with E-state index in [0.717, 1.165) is 31.7 Å². The molecule has 0 amide bonds. The Morgan fingerprint density at radius 1 is 1.61 bits per heavy atom. The summed E-state index contributed by atoms with van der Waals surface area (Å²) in [5, 5.41) is 4.29. The Kier molecular flexibility index (Phi) is 3.92. The minimum Gasteiger partial charge on any atom is -0.368 e. The van der Waals surface area contributed by atoms with Gasteiger partial charge in [0, 0.05) is 33.2 Å². The molecule has 0 radical (unpaired) electrons. The van der Waals surface area contributed by atoms with E-state index in [1.54, 1.807) is 13.2 Å². The molecular formula is C12H19ClN4O. The van der Waals surface area contributed by atoms with E-state index in [1.165, 1.54) is 4.68 Å². The van der Waals surface area contributed by atoms with Gasteiger partial charge in [-0.15, -0.1) is 0 Å². The Morgan fingerprint density at radius 3 is 2.94 bits per heavy atom. The SMILES string of the molecule is CCN1CC[C@H](N(C)c2cnn(C)c(=O)c2Cl)C1. The van der Waals surface area contributed by atoms with E-state index in [9.17, 15) is 4.79 Å². The first kappa shape index (κ1) is 13.4. The Balaban J connectivity index is 2.22. The second-order valence-corrected chi connectivity index (χ2v) is 5.10. The molecule has 100 valence electrons. The molecule has 1 aliphatic rings. The molecule has 0 spiro atoms. The van der Waals surface area contributed by atoms with Gasteiger partial charge in [0.1, 0.15) is 5.02 Å². The van der Waals surface area contributed by atoms with Crippen molar-refractivity contribution in [2.24, 2.45) is 7.05 Å². The van der Waals surface area contributed by atoms with Crippen LogP contribution < -0.4 is 10.5 Å². The van der Waals surface area contributed by atoms with Gasteiger partial charge in [0.25, 0.3) is 5.56 Å². The molecule has 0 bridgehead atoms. The zero-order chi connectivity index (χ0) is 13.3. The summed E-state index contributed by atoms with van der Waals surface area (Å²) >= 11 is 6.11. The molecule has 1 saturated heterocycles. The Bertz CT molecular complexity index is 487. The van der Waals surface area contributed by atoms with E-state index < -0.39 is 0 Å². The van der Waals surface area contributed by atoms with Crippen molar-refractivity contribution in [2.75, 3.05) is 31.6 Å². The fourth-order valence-corrected chi connectivity index (χ4v) is 2.66. The third-order valence-corrected chi connectivity index (χ3v) is 4.04. The maximum atomic E-state index is 11.8. The summed E-state index contributed by atoms with van der Waals surface area (Å²) in [6.07, 6.45) is 2.76. The lowest BCUT2D eigenvalue weighted by molar-refractivity contribution is 0.352. The number of likely N-dealkylation sites (N-methyl/N-ethyl adjacent to an activating group) is 2. The molecule has 18 heavy (non-hydrogen) atoms. The topological polar surface area (TPSA) is 41.4 Å². The molecule has 0 N–H and O–H groups in total. The monoisotopic (exact) mass is 270 g/mol. The van der Waals surface area contributed by atoms with Crippen LogP contribution in [0.1, 0.15) is 13.3 Å². The van der Waals surface area contributed by atoms with E-state index in [1.807, 2.05) is 7.05 Å². The van der Waals surface area contributed by atoms with Gasteiger partial charge in [0.05, 0.1) is 11.9 Å². The van der Waals surface area contributed by atoms with Gasteiger partial charge < -0.3 is 9.80 Å². The Labute approximate surface area is 112 Å². The minimum atomic E-state index is -0.244. The smallest absolute Gasteiger partial charge is 0.287 e. The highest BCUT2D eigenvalue weighted by Gasteiger charge is 2.26. The van der Waals surface area contributed by atoms with Crippen molar-refractivity contribution in [2.45, 2.75) is 19.4 Å². The van der Waals surface area contributed by atoms with E-state index in [2.05, 4.69) is 21.8 Å². The summed E-state index contributed by atoms with van der Waals surface area (Å²) in [6.45, 7) is 5.34. The number of aromatic nitrogens is 2. The summed E-state index contributed by atoms with van der Waals surface area (Å²) in [5.41, 5.74) is 0.481. The van der Waals surface area contributed by atoms with Gasteiger partial charge in [0.15, 0.2) is 0 Å². The zero-order valence-corrected chi connectivity index (χ0v) is 11.8. The van der Waals surface area contributed by atoms with E-state index in [0.29, 0.717) is 6.04 Å². The second-order valence-electron chi connectivity index (χ2n) is 4.72. The molecule has 0 saturated carbocycles. The van der Waals surface area contributed by atoms with Gasteiger partial charge in [-0.05, 0) is 13.0 Å². The second kappa shape index (κ2) is 5.28. The van der Waals surface area contributed by atoms with Gasteiger partial charge in [-0.3, -0.25) is 4.79 Å². The lowest BCUT2D eigenvalue weighted by atomic mass is 10.2. The molecule has 1 aromatic heterocycles. The first-order chi connectivity index (χ1) is 8.54. The first-order valence-corrected chi connectivity index (χ1v) is 6.59. The molecule has 0 aliphatic carbocycles. The molecule has 6 heteroatoms. The van der Waals surface area contributed by atoms with Crippen molar-refractivity contribution in [3.8, 4) is 0 Å². The number of aryl methyl sites for hydroxylation is 1. The van der Waals surface area contributed by atoms with E-state index >= 15 is 0 Å². The third-order valence-electron chi connectivity index (χ3n) is 3.68. The summed E-state index contributed by atoms with van der Waals surface area (Å²) in [6, 6.07) is 0.399. The van der Waals surface area contributed by atoms with E-state index in [-0.39, 0.29) is 10.6 Å². The van der Waals surface area contributed by atoms with Crippen molar-refractivity contribution < 1.29 is 0 Å². The van der Waals surface area contributed by atoms with E-state index in [4.69, 9.17) is 11.6 Å². The van der Waals surface area contributed by atoms with Crippen LogP contribution in [0.15, 0.2) is 11.0 Å². The molecule has 1 fully saturated rings. The molecule has 5 nitrogen and oxygen atoms in total. The molecule has 1 aromatic rings. The van der Waals surface area contributed by atoms with Crippen LogP contribution in [-0.4, -0.2) is 47.4 Å². The van der Waals surface area contributed by atoms with Gasteiger partial charge in [-0.25, -0.2) is 4.68 Å². The molecule has 0 unspecified atom stereocenters. The van der Waals surface area contributed by atoms with Crippen LogP contribution in [0.3, 0.4) is 0 Å². The lowest BCUT2D eigenvalue weighted by Gasteiger charge is -2.27. The number of hydrogen-bond acceptors (Lipinski definition) is 4. The molecule has 2 heterocycles. The zero-order valence-electron chi connectivity index (χ0n) is 11.1. The molecule has 2 rings (SSSR count). The van der Waals surface area contributed by atoms with Crippen LogP contribution in [-0.2, 0) is 7.05 Å². The largest absolute Gasteiger partial charge is 0.368 e. The maximum Gasteiger partial charge on any atom is 0.287 e. The highest BCUT2D eigenvalue weighted by atomic mass is 35.5. The fraction of sp³-hybridized carbons (Fsp3) is 0.667. The highest BCUT2D eigenvalue weighted by molar-refractivity contribution is 6.33. The summed E-state index contributed by atoms with van der Waals surface area (Å²) in [7, 11) is 3.58. The molecular weight excluding hydrogens is 252 g/mol. The number of hydrogen-bond donors (Lipinski definition) is 0. The summed E-state index contributed by atoms with van der Waals surface area (Å²) < 4.78 is 1.26. The predicted octanol–water partition coefficient (Wildman–Crippen LogP) is 0.964. The van der Waals surface area contributed by atoms with Gasteiger partial charge in [-0.1, -0.05) is 18.5 Å². The summed E-state index contributed by atoms with van der Waals surface area (Å²) in [4.78, 5) is 16.2. The van der Waals surface area contributed by atoms with Crippen molar-refractivity contribution in [3.63, 3.8) is 0 Å². The third kappa shape index (κ3) is 2.37. The fourth-order valence-electron chi connectivity index (χ4n) is 2.36. The van der Waals surface area contributed by atoms with Crippen molar-refractivity contribution in [1.29, 1.82) is 0 Å². The predicted molar refractivity (Wildman–Crippen MR) is 73.4 cm³/mol. The van der Waals surface area contributed by atoms with Crippen LogP contribution in [0, 0.1) is 0 Å². The number of rotatable bonds is 3. The quantitative estimate of drug-likeness (QED) is 0.821. The average Bonchev–Trinajstić information content (AvgIpc) is 2.84. The van der Waals surface area contributed by atoms with Crippen LogP contribution in [0.2, 0.25) is 5.02 Å². The van der Waals surface area contributed by atoms with Gasteiger partial charge in [0.2, 0.25) is 0 Å². The standard InChI is InChI=1S/C12H19ClN4O/c1-4-17-6-5-9(8-17)15(2)10-7-14-16(3)12(18)11(10)13/h7,9H,4-6,8H2,1-3H3/t9-/m0/s1. The van der Waals surface area contributed by atoms with Crippen molar-refractivity contribution in [1.82, 2.24) is 14.7 Å². The highest BCUT2D eigenvalue weighted by Crippen LogP contribution is 2.25. The number of anilines is 1. The number of nitrogens with zero attached hydrogens (tertiary/aromatic N) is 4. The van der Waals surface area contributed by atoms with Crippen molar-refractivity contribution >= 4 is 17.3 Å². The Hall–Kier alpha value is -1.07. The number of halogens is 1. The normalized spacial score (nSPS) is 20.3. The van der Waals surface area contributed by atoms with Crippen LogP contribution in [0.25, 0.3) is 0 Å². The molecule has 1 atom stereocenters. The van der Waals surface area contributed by atoms with Crippen LogP contribution in [0.4, 0.5) is 5.69 Å². The number of likely N-dealkylation sites (tertiary alicyclic amines) is 1. The molecule has 0 aromatic carbocycles. The minimum absolute atomic E-state index is 0.244. The van der Waals surface area contributed by atoms with Crippen LogP contribution in [0.5, 0.6) is 0 Å². The molecule has 1 aliphatic heterocycles. The van der Waals surface area contributed by atoms with Gasteiger partial charge >= 0.3 is 0 Å². The summed E-state index contributed by atoms with van der Waals surface area (Å²) in [5.74, 6) is 0. The van der Waals surface area contributed by atoms with Crippen molar-refractivity contribution in [3.05, 3.63) is 21.6 Å². The van der Waals surface area contributed by atoms with Crippen LogP contribution >= 0.6 is 11.6 Å².